The van der Waals surface area contributed by atoms with Gasteiger partial charge < -0.3 is 15.4 Å². The summed E-state index contributed by atoms with van der Waals surface area (Å²) in [7, 11) is 1.43. The maximum absolute atomic E-state index is 12.3. The normalized spacial score (nSPS) is 11.4. The Labute approximate surface area is 133 Å². The van der Waals surface area contributed by atoms with Crippen LogP contribution in [0.25, 0.3) is 0 Å². The van der Waals surface area contributed by atoms with E-state index < -0.39 is 11.0 Å². The first-order valence-corrected chi connectivity index (χ1v) is 6.96. The van der Waals surface area contributed by atoms with Crippen LogP contribution in [0.1, 0.15) is 6.92 Å². The average molecular weight is 315 g/mol. The lowest BCUT2D eigenvalue weighted by Gasteiger charge is -2.16. The molecule has 0 unspecified atom stereocenters. The molecule has 0 spiro atoms. The number of nitro benzene ring substituents is 1. The van der Waals surface area contributed by atoms with E-state index in [0.717, 1.165) is 5.69 Å². The summed E-state index contributed by atoms with van der Waals surface area (Å²) in [6.07, 6.45) is 0. The van der Waals surface area contributed by atoms with Gasteiger partial charge >= 0.3 is 0 Å². The molecule has 2 N–H and O–H groups in total. The third-order valence-electron chi connectivity index (χ3n) is 3.20. The number of benzene rings is 2. The number of hydrogen-bond donors (Lipinski definition) is 2. The Balaban J connectivity index is 2.12. The van der Waals surface area contributed by atoms with Crippen LogP contribution < -0.4 is 15.4 Å². The Bertz CT molecular complexity index is 704. The number of amides is 1. The number of hydrogen-bond acceptors (Lipinski definition) is 5. The average Bonchev–Trinajstić information content (AvgIpc) is 2.55. The summed E-state index contributed by atoms with van der Waals surface area (Å²) in [5.74, 6) is 0.0310. The van der Waals surface area contributed by atoms with Crippen molar-refractivity contribution in [3.8, 4) is 5.75 Å². The van der Waals surface area contributed by atoms with E-state index in [1.54, 1.807) is 6.92 Å². The van der Waals surface area contributed by atoms with E-state index in [4.69, 9.17) is 4.74 Å². The van der Waals surface area contributed by atoms with Gasteiger partial charge in [-0.1, -0.05) is 18.2 Å². The molecule has 0 saturated heterocycles. The second-order valence-electron chi connectivity index (χ2n) is 4.86. The number of non-ortho nitro benzene ring substituents is 1. The number of anilines is 2. The van der Waals surface area contributed by atoms with E-state index >= 15 is 0 Å². The quantitative estimate of drug-likeness (QED) is 0.631. The van der Waals surface area contributed by atoms with Gasteiger partial charge in [-0.15, -0.1) is 0 Å². The molecule has 2 aromatic carbocycles. The fourth-order valence-corrected chi connectivity index (χ4v) is 2.00. The molecular formula is C16H17N3O4. The van der Waals surface area contributed by atoms with Gasteiger partial charge in [0.05, 0.1) is 17.7 Å². The number of rotatable bonds is 6. The molecule has 2 aromatic rings. The molecule has 0 heterocycles. The van der Waals surface area contributed by atoms with Gasteiger partial charge in [-0.2, -0.15) is 0 Å². The Morgan fingerprint density at radius 3 is 2.52 bits per heavy atom. The summed E-state index contributed by atoms with van der Waals surface area (Å²) in [5.41, 5.74) is 0.944. The molecule has 2 rings (SSSR count). The monoisotopic (exact) mass is 315 g/mol. The number of carbonyl (C=O) groups excluding carboxylic acids is 1. The Hall–Kier alpha value is -3.09. The number of nitro groups is 1. The third kappa shape index (κ3) is 4.19. The lowest BCUT2D eigenvalue weighted by atomic mass is 10.2. The maximum Gasteiger partial charge on any atom is 0.271 e. The summed E-state index contributed by atoms with van der Waals surface area (Å²) in [6, 6.07) is 12.8. The highest BCUT2D eigenvalue weighted by Gasteiger charge is 2.17. The van der Waals surface area contributed by atoms with Gasteiger partial charge in [0.25, 0.3) is 5.69 Å². The fraction of sp³-hybridized carbons (Fsp3) is 0.188. The summed E-state index contributed by atoms with van der Waals surface area (Å²) in [6.45, 7) is 1.70. The molecular weight excluding hydrogens is 298 g/mol. The highest BCUT2D eigenvalue weighted by Crippen LogP contribution is 2.29. The minimum atomic E-state index is -0.527. The number of nitrogens with zero attached hydrogens (tertiary/aromatic N) is 1. The fourth-order valence-electron chi connectivity index (χ4n) is 2.00. The van der Waals surface area contributed by atoms with Crippen molar-refractivity contribution in [3.63, 3.8) is 0 Å². The number of para-hydroxylation sites is 1. The van der Waals surface area contributed by atoms with Gasteiger partial charge in [0.1, 0.15) is 11.8 Å². The zero-order valence-electron chi connectivity index (χ0n) is 12.8. The first-order chi connectivity index (χ1) is 11.0. The maximum atomic E-state index is 12.3. The molecule has 0 fully saturated rings. The lowest BCUT2D eigenvalue weighted by Crippen LogP contribution is -2.32. The van der Waals surface area contributed by atoms with Crippen LogP contribution in [0.3, 0.4) is 0 Å². The highest BCUT2D eigenvalue weighted by molar-refractivity contribution is 5.97. The molecule has 1 amide bonds. The smallest absolute Gasteiger partial charge is 0.271 e. The van der Waals surface area contributed by atoms with Crippen LogP contribution in [-0.2, 0) is 4.79 Å². The molecule has 0 aliphatic carbocycles. The van der Waals surface area contributed by atoms with Crippen LogP contribution in [0.4, 0.5) is 17.1 Å². The summed E-state index contributed by atoms with van der Waals surface area (Å²) in [5, 5.41) is 16.5. The molecule has 0 aliphatic rings. The third-order valence-corrected chi connectivity index (χ3v) is 3.20. The van der Waals surface area contributed by atoms with Gasteiger partial charge in [0.2, 0.25) is 5.91 Å². The van der Waals surface area contributed by atoms with E-state index in [0.29, 0.717) is 5.75 Å². The van der Waals surface area contributed by atoms with Gasteiger partial charge in [0, 0.05) is 17.8 Å². The van der Waals surface area contributed by atoms with Crippen molar-refractivity contribution in [3.05, 3.63) is 58.6 Å². The minimum Gasteiger partial charge on any atom is -0.495 e. The van der Waals surface area contributed by atoms with Crippen LogP contribution in [0.2, 0.25) is 0 Å². The molecule has 0 aliphatic heterocycles. The minimum absolute atomic E-state index is 0.121. The zero-order valence-corrected chi connectivity index (χ0v) is 12.8. The molecule has 1 atom stereocenters. The van der Waals surface area contributed by atoms with Gasteiger partial charge in [-0.3, -0.25) is 14.9 Å². The number of ether oxygens (including phenoxy) is 1. The first-order valence-electron chi connectivity index (χ1n) is 6.96. The molecule has 0 bridgehead atoms. The van der Waals surface area contributed by atoms with Crippen LogP contribution in [-0.4, -0.2) is 24.0 Å². The van der Waals surface area contributed by atoms with Crippen molar-refractivity contribution in [2.24, 2.45) is 0 Å². The van der Waals surface area contributed by atoms with E-state index in [1.807, 2.05) is 30.3 Å². The summed E-state index contributed by atoms with van der Waals surface area (Å²) in [4.78, 5) is 22.6. The van der Waals surface area contributed by atoms with E-state index in [-0.39, 0.29) is 17.3 Å². The number of carbonyl (C=O) groups is 1. The first kappa shape index (κ1) is 16.3. The second kappa shape index (κ2) is 7.26. The van der Waals surface area contributed by atoms with Crippen molar-refractivity contribution in [2.45, 2.75) is 13.0 Å². The van der Waals surface area contributed by atoms with Gasteiger partial charge in [0.15, 0.2) is 0 Å². The Morgan fingerprint density at radius 1 is 1.22 bits per heavy atom. The second-order valence-corrected chi connectivity index (χ2v) is 4.86. The SMILES string of the molecule is COc1ccc([N+](=O)[O-])cc1NC(=O)[C@H](C)Nc1ccccc1. The van der Waals surface area contributed by atoms with E-state index in [1.165, 1.54) is 25.3 Å². The van der Waals surface area contributed by atoms with Crippen molar-refractivity contribution >= 4 is 23.0 Å². The van der Waals surface area contributed by atoms with Crippen LogP contribution in [0.15, 0.2) is 48.5 Å². The number of nitrogens with one attached hydrogen (secondary N) is 2. The molecule has 7 heteroatoms. The zero-order chi connectivity index (χ0) is 16.8. The highest BCUT2D eigenvalue weighted by atomic mass is 16.6. The summed E-state index contributed by atoms with van der Waals surface area (Å²) < 4.78 is 5.12. The number of methoxy groups -OCH3 is 1. The van der Waals surface area contributed by atoms with Crippen LogP contribution >= 0.6 is 0 Å². The molecule has 7 nitrogen and oxygen atoms in total. The van der Waals surface area contributed by atoms with E-state index in [9.17, 15) is 14.9 Å². The lowest BCUT2D eigenvalue weighted by molar-refractivity contribution is -0.384. The van der Waals surface area contributed by atoms with Crippen molar-refractivity contribution in [2.75, 3.05) is 17.7 Å². The predicted molar refractivity (Wildman–Crippen MR) is 87.8 cm³/mol. The van der Waals surface area contributed by atoms with Crippen molar-refractivity contribution in [1.82, 2.24) is 0 Å². The standard InChI is InChI=1S/C16H17N3O4/c1-11(17-12-6-4-3-5-7-12)16(20)18-14-10-13(19(21)22)8-9-15(14)23-2/h3-11,17H,1-2H3,(H,18,20)/t11-/m0/s1. The van der Waals surface area contributed by atoms with Gasteiger partial charge in [-0.05, 0) is 25.1 Å². The molecule has 0 saturated carbocycles. The van der Waals surface area contributed by atoms with E-state index in [2.05, 4.69) is 10.6 Å². The molecule has 120 valence electrons. The van der Waals surface area contributed by atoms with Crippen molar-refractivity contribution < 1.29 is 14.5 Å². The Kier molecular flexibility index (Phi) is 5.14. The molecule has 0 radical (unpaired) electrons. The molecule has 0 aromatic heterocycles. The predicted octanol–water partition coefficient (Wildman–Crippen LogP) is 3.04. The topological polar surface area (TPSA) is 93.5 Å². The summed E-state index contributed by atoms with van der Waals surface area (Å²) >= 11 is 0. The van der Waals surface area contributed by atoms with Crippen LogP contribution in [0.5, 0.6) is 5.75 Å². The Morgan fingerprint density at radius 2 is 1.91 bits per heavy atom. The van der Waals surface area contributed by atoms with Gasteiger partial charge in [-0.25, -0.2) is 0 Å². The largest absolute Gasteiger partial charge is 0.495 e. The molecule has 23 heavy (non-hydrogen) atoms. The van der Waals surface area contributed by atoms with Crippen LogP contribution in [0, 0.1) is 10.1 Å². The van der Waals surface area contributed by atoms with Crippen molar-refractivity contribution in [1.29, 1.82) is 0 Å².